The molecule has 2 aromatic rings. The normalized spacial score (nSPS) is 12.7. The van der Waals surface area contributed by atoms with Gasteiger partial charge >= 0.3 is 0 Å². The molecule has 2 rings (SSSR count). The lowest BCUT2D eigenvalue weighted by atomic mass is 9.98. The molecule has 0 saturated heterocycles. The zero-order valence-corrected chi connectivity index (χ0v) is 15.5. The zero-order chi connectivity index (χ0) is 17.2. The Labute approximate surface area is 149 Å². The number of nitrogens with zero attached hydrogens (tertiary/aromatic N) is 1. The first-order valence-corrected chi connectivity index (χ1v) is 9.34. The number of ether oxygens (including phenoxy) is 1. The van der Waals surface area contributed by atoms with Gasteiger partial charge in [0.2, 0.25) is 0 Å². The molecule has 1 atom stereocenters. The number of nitrogens with one attached hydrogen (secondary N) is 2. The average Bonchev–Trinajstić information content (AvgIpc) is 3.13. The highest BCUT2D eigenvalue weighted by Crippen LogP contribution is 2.21. The molecule has 1 heterocycles. The Morgan fingerprint density at radius 1 is 1.21 bits per heavy atom. The number of guanidine groups is 1. The minimum absolute atomic E-state index is 0.489. The molecule has 0 amide bonds. The average molecular weight is 346 g/mol. The van der Waals surface area contributed by atoms with E-state index in [-0.39, 0.29) is 0 Å². The second-order valence-electron chi connectivity index (χ2n) is 5.72. The van der Waals surface area contributed by atoms with E-state index in [1.54, 1.807) is 18.4 Å². The van der Waals surface area contributed by atoms with Crippen LogP contribution >= 0.6 is 11.3 Å². The molecule has 24 heavy (non-hydrogen) atoms. The second-order valence-corrected chi connectivity index (χ2v) is 6.50. The number of hydrogen-bond donors (Lipinski definition) is 2. The molecule has 0 fully saturated rings. The van der Waals surface area contributed by atoms with E-state index in [2.05, 4.69) is 58.4 Å². The molecule has 5 heteroatoms. The Kier molecular flexibility index (Phi) is 7.62. The van der Waals surface area contributed by atoms with Gasteiger partial charge in [-0.05, 0) is 59.3 Å². The molecule has 2 N–H and O–H groups in total. The predicted molar refractivity (Wildman–Crippen MR) is 103 cm³/mol. The van der Waals surface area contributed by atoms with Gasteiger partial charge in [-0.15, -0.1) is 0 Å². The molecule has 0 spiro atoms. The molecule has 130 valence electrons. The van der Waals surface area contributed by atoms with E-state index in [4.69, 9.17) is 4.74 Å². The zero-order valence-electron chi connectivity index (χ0n) is 14.7. The molecule has 0 aliphatic carbocycles. The molecular weight excluding hydrogens is 318 g/mol. The van der Waals surface area contributed by atoms with Crippen LogP contribution < -0.4 is 15.4 Å². The first-order valence-electron chi connectivity index (χ1n) is 8.40. The molecule has 4 nitrogen and oxygen atoms in total. The maximum atomic E-state index is 5.21. The van der Waals surface area contributed by atoms with Crippen LogP contribution in [-0.2, 0) is 6.54 Å². The van der Waals surface area contributed by atoms with Gasteiger partial charge in [0.1, 0.15) is 5.75 Å². The number of benzene rings is 1. The van der Waals surface area contributed by atoms with Crippen LogP contribution in [0.2, 0.25) is 0 Å². The van der Waals surface area contributed by atoms with Crippen molar-refractivity contribution < 1.29 is 4.74 Å². The van der Waals surface area contributed by atoms with Crippen molar-refractivity contribution in [2.75, 3.05) is 20.2 Å². The Morgan fingerprint density at radius 3 is 2.62 bits per heavy atom. The number of methoxy groups -OCH3 is 1. The van der Waals surface area contributed by atoms with Crippen molar-refractivity contribution in [1.82, 2.24) is 10.6 Å². The summed E-state index contributed by atoms with van der Waals surface area (Å²) >= 11 is 1.71. The van der Waals surface area contributed by atoms with Crippen LogP contribution in [0.5, 0.6) is 5.75 Å². The molecule has 1 aromatic heterocycles. The third-order valence-corrected chi connectivity index (χ3v) is 4.63. The summed E-state index contributed by atoms with van der Waals surface area (Å²) in [7, 11) is 1.69. The monoisotopic (exact) mass is 345 g/mol. The Hall–Kier alpha value is -2.01. The topological polar surface area (TPSA) is 45.7 Å². The quantitative estimate of drug-likeness (QED) is 0.561. The van der Waals surface area contributed by atoms with Crippen LogP contribution in [0.3, 0.4) is 0 Å². The van der Waals surface area contributed by atoms with E-state index in [0.717, 1.165) is 31.2 Å². The van der Waals surface area contributed by atoms with Crippen molar-refractivity contribution in [2.45, 2.75) is 32.7 Å². The van der Waals surface area contributed by atoms with E-state index in [1.807, 2.05) is 12.1 Å². The Bertz CT molecular complexity index is 608. The van der Waals surface area contributed by atoms with Crippen molar-refractivity contribution in [3.8, 4) is 5.75 Å². The summed E-state index contributed by atoms with van der Waals surface area (Å²) in [5, 5.41) is 10.9. The Balaban J connectivity index is 1.81. The first-order chi connectivity index (χ1) is 11.7. The first kappa shape index (κ1) is 18.3. The van der Waals surface area contributed by atoms with Gasteiger partial charge in [-0.2, -0.15) is 11.3 Å². The smallest absolute Gasteiger partial charge is 0.191 e. The summed E-state index contributed by atoms with van der Waals surface area (Å²) in [5.74, 6) is 2.27. The Morgan fingerprint density at radius 2 is 2.00 bits per heavy atom. The fourth-order valence-electron chi connectivity index (χ4n) is 2.40. The summed E-state index contributed by atoms with van der Waals surface area (Å²) < 4.78 is 5.21. The summed E-state index contributed by atoms with van der Waals surface area (Å²) in [6.07, 6.45) is 1.05. The highest BCUT2D eigenvalue weighted by Gasteiger charge is 2.06. The predicted octanol–water partition coefficient (Wildman–Crippen LogP) is 4.01. The summed E-state index contributed by atoms with van der Waals surface area (Å²) in [5.41, 5.74) is 2.58. The molecule has 1 unspecified atom stereocenters. The molecule has 0 saturated carbocycles. The van der Waals surface area contributed by atoms with E-state index in [9.17, 15) is 0 Å². The van der Waals surface area contributed by atoms with Gasteiger partial charge in [-0.1, -0.05) is 19.1 Å². The van der Waals surface area contributed by atoms with Crippen LogP contribution in [0.1, 0.15) is 37.3 Å². The van der Waals surface area contributed by atoms with Crippen molar-refractivity contribution in [3.05, 3.63) is 52.2 Å². The van der Waals surface area contributed by atoms with Gasteiger partial charge in [-0.3, -0.25) is 0 Å². The SMILES string of the molecule is CCNC(=NCc1ccsc1)NCCC(C)c1ccc(OC)cc1. The molecular formula is C19H27N3OS. The highest BCUT2D eigenvalue weighted by molar-refractivity contribution is 7.07. The van der Waals surface area contributed by atoms with Crippen molar-refractivity contribution in [3.63, 3.8) is 0 Å². The van der Waals surface area contributed by atoms with E-state index in [1.165, 1.54) is 11.1 Å². The molecule has 1 aromatic carbocycles. The standard InChI is InChI=1S/C19H27N3OS/c1-4-20-19(22-13-16-10-12-24-14-16)21-11-9-15(2)17-5-7-18(23-3)8-6-17/h5-8,10,12,14-15H,4,9,11,13H2,1-3H3,(H2,20,21,22). The lowest BCUT2D eigenvalue weighted by Gasteiger charge is -2.15. The van der Waals surface area contributed by atoms with Crippen molar-refractivity contribution in [1.29, 1.82) is 0 Å². The van der Waals surface area contributed by atoms with Crippen LogP contribution in [0.15, 0.2) is 46.1 Å². The van der Waals surface area contributed by atoms with Gasteiger partial charge in [0.15, 0.2) is 5.96 Å². The van der Waals surface area contributed by atoms with Crippen molar-refractivity contribution >= 4 is 17.3 Å². The second kappa shape index (κ2) is 9.98. The highest BCUT2D eigenvalue weighted by atomic mass is 32.1. The minimum Gasteiger partial charge on any atom is -0.497 e. The number of thiophene rings is 1. The fraction of sp³-hybridized carbons (Fsp3) is 0.421. The summed E-state index contributed by atoms with van der Waals surface area (Å²) in [6, 6.07) is 10.4. The third kappa shape index (κ3) is 5.89. The van der Waals surface area contributed by atoms with E-state index >= 15 is 0 Å². The largest absolute Gasteiger partial charge is 0.497 e. The number of rotatable bonds is 8. The van der Waals surface area contributed by atoms with Gasteiger partial charge in [0, 0.05) is 13.1 Å². The van der Waals surface area contributed by atoms with Crippen LogP contribution in [0.25, 0.3) is 0 Å². The summed E-state index contributed by atoms with van der Waals surface area (Å²) in [6.45, 7) is 6.81. The van der Waals surface area contributed by atoms with Gasteiger partial charge in [0.05, 0.1) is 13.7 Å². The van der Waals surface area contributed by atoms with Gasteiger partial charge in [-0.25, -0.2) is 4.99 Å². The minimum atomic E-state index is 0.489. The fourth-order valence-corrected chi connectivity index (χ4v) is 3.06. The van der Waals surface area contributed by atoms with Gasteiger partial charge < -0.3 is 15.4 Å². The molecule has 0 aliphatic rings. The van der Waals surface area contributed by atoms with Gasteiger partial charge in [0.25, 0.3) is 0 Å². The van der Waals surface area contributed by atoms with Crippen molar-refractivity contribution in [2.24, 2.45) is 4.99 Å². The van der Waals surface area contributed by atoms with Crippen LogP contribution in [-0.4, -0.2) is 26.2 Å². The lowest BCUT2D eigenvalue weighted by molar-refractivity contribution is 0.414. The molecule has 0 radical (unpaired) electrons. The summed E-state index contributed by atoms with van der Waals surface area (Å²) in [4.78, 5) is 4.63. The maximum Gasteiger partial charge on any atom is 0.191 e. The third-order valence-electron chi connectivity index (χ3n) is 3.90. The maximum absolute atomic E-state index is 5.21. The number of aliphatic imine (C=N–C) groups is 1. The lowest BCUT2D eigenvalue weighted by Crippen LogP contribution is -2.38. The van der Waals surface area contributed by atoms with Crippen LogP contribution in [0.4, 0.5) is 0 Å². The van der Waals surface area contributed by atoms with Crippen LogP contribution in [0, 0.1) is 0 Å². The van der Waals surface area contributed by atoms with E-state index < -0.39 is 0 Å². The number of hydrogen-bond acceptors (Lipinski definition) is 3. The molecule has 0 aliphatic heterocycles. The van der Waals surface area contributed by atoms with E-state index in [0.29, 0.717) is 12.5 Å². The molecule has 0 bridgehead atoms.